The van der Waals surface area contributed by atoms with Gasteiger partial charge in [-0.3, -0.25) is 9.59 Å². The first-order valence-corrected chi connectivity index (χ1v) is 7.42. The molecule has 0 spiro atoms. The number of carbonyl (C=O) groups is 2. The Morgan fingerprint density at radius 1 is 1.38 bits per heavy atom. The van der Waals surface area contributed by atoms with Gasteiger partial charge in [-0.15, -0.1) is 11.3 Å². The minimum atomic E-state index is -0.157. The number of thiazole rings is 1. The molecule has 108 valence electrons. The molecule has 2 aromatic rings. The average Bonchev–Trinajstić information content (AvgIpc) is 2.90. The molecule has 0 fully saturated rings. The summed E-state index contributed by atoms with van der Waals surface area (Å²) in [6.45, 7) is 3.71. The van der Waals surface area contributed by atoms with Crippen LogP contribution in [-0.4, -0.2) is 23.8 Å². The van der Waals surface area contributed by atoms with Gasteiger partial charge >= 0.3 is 0 Å². The van der Waals surface area contributed by atoms with E-state index in [0.29, 0.717) is 17.0 Å². The number of nitrogens with zero attached hydrogens (tertiary/aromatic N) is 2. The molecule has 21 heavy (non-hydrogen) atoms. The van der Waals surface area contributed by atoms with E-state index in [-0.39, 0.29) is 11.8 Å². The standard InChI is InChI=1S/C15H15N3O2S/c1-8-14(21-9(2)16-8)15(20)17-11-4-5-12-10(6-11)7-13(19)18(12)3/h4-6H,7H2,1-3H3,(H,17,20). The second kappa shape index (κ2) is 4.96. The van der Waals surface area contributed by atoms with Gasteiger partial charge in [0.1, 0.15) is 4.88 Å². The number of benzene rings is 1. The molecular formula is C15H15N3O2S. The summed E-state index contributed by atoms with van der Waals surface area (Å²) in [6.07, 6.45) is 0.383. The summed E-state index contributed by atoms with van der Waals surface area (Å²) in [5, 5.41) is 3.75. The summed E-state index contributed by atoms with van der Waals surface area (Å²) in [5.74, 6) is -0.0851. The number of likely N-dealkylation sites (N-methyl/N-ethyl adjacent to an activating group) is 1. The zero-order chi connectivity index (χ0) is 15.1. The van der Waals surface area contributed by atoms with Gasteiger partial charge in [0, 0.05) is 18.4 Å². The van der Waals surface area contributed by atoms with Crippen LogP contribution >= 0.6 is 11.3 Å². The summed E-state index contributed by atoms with van der Waals surface area (Å²) < 4.78 is 0. The smallest absolute Gasteiger partial charge is 0.267 e. The number of fused-ring (bicyclic) bond motifs is 1. The molecule has 1 aliphatic heterocycles. The summed E-state index contributed by atoms with van der Waals surface area (Å²) in [6, 6.07) is 5.54. The molecule has 1 aliphatic rings. The molecule has 3 rings (SSSR count). The van der Waals surface area contributed by atoms with Gasteiger partial charge in [-0.2, -0.15) is 0 Å². The van der Waals surface area contributed by atoms with E-state index in [1.165, 1.54) is 11.3 Å². The Bertz CT molecular complexity index is 751. The number of aryl methyl sites for hydroxylation is 2. The number of carbonyl (C=O) groups excluding carboxylic acids is 2. The van der Waals surface area contributed by atoms with Crippen molar-refractivity contribution >= 4 is 34.5 Å². The summed E-state index contributed by atoms with van der Waals surface area (Å²) in [7, 11) is 1.76. The fourth-order valence-electron chi connectivity index (χ4n) is 2.48. The van der Waals surface area contributed by atoms with Gasteiger partial charge < -0.3 is 10.2 Å². The van der Waals surface area contributed by atoms with Gasteiger partial charge in [0.15, 0.2) is 0 Å². The topological polar surface area (TPSA) is 62.3 Å². The van der Waals surface area contributed by atoms with Crippen molar-refractivity contribution in [1.29, 1.82) is 0 Å². The van der Waals surface area contributed by atoms with Crippen molar-refractivity contribution in [2.24, 2.45) is 0 Å². The minimum absolute atomic E-state index is 0.0717. The van der Waals surface area contributed by atoms with E-state index in [4.69, 9.17) is 0 Å². The maximum absolute atomic E-state index is 12.3. The Morgan fingerprint density at radius 2 is 2.14 bits per heavy atom. The third kappa shape index (κ3) is 2.42. The Hall–Kier alpha value is -2.21. The fraction of sp³-hybridized carbons (Fsp3) is 0.267. The molecule has 1 N–H and O–H groups in total. The zero-order valence-corrected chi connectivity index (χ0v) is 12.9. The largest absolute Gasteiger partial charge is 0.321 e. The monoisotopic (exact) mass is 301 g/mol. The summed E-state index contributed by atoms with van der Waals surface area (Å²) in [4.78, 5) is 30.4. The van der Waals surface area contributed by atoms with Gasteiger partial charge in [0.2, 0.25) is 5.91 Å². The third-order valence-electron chi connectivity index (χ3n) is 3.52. The summed E-state index contributed by atoms with van der Waals surface area (Å²) >= 11 is 1.38. The van der Waals surface area contributed by atoms with Crippen molar-refractivity contribution in [3.63, 3.8) is 0 Å². The molecule has 6 heteroatoms. The molecule has 0 atom stereocenters. The minimum Gasteiger partial charge on any atom is -0.321 e. The second-order valence-corrected chi connectivity index (χ2v) is 6.28. The molecule has 1 aromatic carbocycles. The highest BCUT2D eigenvalue weighted by molar-refractivity contribution is 7.13. The number of aromatic nitrogens is 1. The number of hydrogen-bond acceptors (Lipinski definition) is 4. The number of anilines is 2. The van der Waals surface area contributed by atoms with Crippen LogP contribution in [0, 0.1) is 13.8 Å². The van der Waals surface area contributed by atoms with E-state index in [0.717, 1.165) is 22.0 Å². The van der Waals surface area contributed by atoms with E-state index < -0.39 is 0 Å². The number of hydrogen-bond donors (Lipinski definition) is 1. The highest BCUT2D eigenvalue weighted by atomic mass is 32.1. The predicted molar refractivity (Wildman–Crippen MR) is 83.1 cm³/mol. The first-order valence-electron chi connectivity index (χ1n) is 6.60. The Morgan fingerprint density at radius 3 is 2.81 bits per heavy atom. The maximum atomic E-state index is 12.3. The van der Waals surface area contributed by atoms with E-state index in [9.17, 15) is 9.59 Å². The molecule has 2 heterocycles. The van der Waals surface area contributed by atoms with Gasteiger partial charge in [-0.25, -0.2) is 4.98 Å². The molecule has 0 saturated heterocycles. The van der Waals surface area contributed by atoms with Gasteiger partial charge in [-0.05, 0) is 37.6 Å². The highest BCUT2D eigenvalue weighted by Gasteiger charge is 2.24. The first kappa shape index (κ1) is 13.8. The van der Waals surface area contributed by atoms with Crippen LogP contribution in [0.5, 0.6) is 0 Å². The van der Waals surface area contributed by atoms with Crippen LogP contribution in [-0.2, 0) is 11.2 Å². The van der Waals surface area contributed by atoms with Crippen molar-refractivity contribution < 1.29 is 9.59 Å². The first-order chi connectivity index (χ1) is 9.95. The van der Waals surface area contributed by atoms with Gasteiger partial charge in [0.25, 0.3) is 5.91 Å². The lowest BCUT2D eigenvalue weighted by Gasteiger charge is -2.11. The van der Waals surface area contributed by atoms with E-state index >= 15 is 0 Å². The number of nitrogens with one attached hydrogen (secondary N) is 1. The van der Waals surface area contributed by atoms with Crippen LogP contribution in [0.15, 0.2) is 18.2 Å². The van der Waals surface area contributed by atoms with Crippen molar-refractivity contribution in [3.05, 3.63) is 39.3 Å². The average molecular weight is 301 g/mol. The van der Waals surface area contributed by atoms with Crippen molar-refractivity contribution in [3.8, 4) is 0 Å². The molecule has 5 nitrogen and oxygen atoms in total. The van der Waals surface area contributed by atoms with Crippen LogP contribution in [0.2, 0.25) is 0 Å². The molecular weight excluding hydrogens is 286 g/mol. The van der Waals surface area contributed by atoms with Gasteiger partial charge in [0.05, 0.1) is 17.1 Å². The highest BCUT2D eigenvalue weighted by Crippen LogP contribution is 2.30. The predicted octanol–water partition coefficient (Wildman–Crippen LogP) is 2.53. The van der Waals surface area contributed by atoms with Crippen LogP contribution < -0.4 is 10.2 Å². The number of rotatable bonds is 2. The van der Waals surface area contributed by atoms with Crippen LogP contribution in [0.3, 0.4) is 0 Å². The van der Waals surface area contributed by atoms with E-state index in [1.807, 2.05) is 32.0 Å². The van der Waals surface area contributed by atoms with Crippen LogP contribution in [0.4, 0.5) is 11.4 Å². The SMILES string of the molecule is Cc1nc(C)c(C(=O)Nc2ccc3c(c2)CC(=O)N3C)s1. The fourth-order valence-corrected chi connectivity index (χ4v) is 3.29. The molecule has 1 aromatic heterocycles. The molecule has 0 aliphatic carbocycles. The molecule has 0 unspecified atom stereocenters. The molecule has 0 saturated carbocycles. The quantitative estimate of drug-likeness (QED) is 0.927. The van der Waals surface area contributed by atoms with Crippen molar-refractivity contribution in [2.45, 2.75) is 20.3 Å². The van der Waals surface area contributed by atoms with Crippen molar-refractivity contribution in [2.75, 3.05) is 17.3 Å². The lowest BCUT2D eigenvalue weighted by molar-refractivity contribution is -0.117. The van der Waals surface area contributed by atoms with Crippen LogP contribution in [0.25, 0.3) is 0 Å². The van der Waals surface area contributed by atoms with E-state index in [2.05, 4.69) is 10.3 Å². The molecule has 0 bridgehead atoms. The van der Waals surface area contributed by atoms with Crippen LogP contribution in [0.1, 0.15) is 25.9 Å². The van der Waals surface area contributed by atoms with Gasteiger partial charge in [-0.1, -0.05) is 0 Å². The summed E-state index contributed by atoms with van der Waals surface area (Å²) in [5.41, 5.74) is 3.29. The van der Waals surface area contributed by atoms with Crippen molar-refractivity contribution in [1.82, 2.24) is 4.98 Å². The molecule has 2 amide bonds. The maximum Gasteiger partial charge on any atom is 0.267 e. The zero-order valence-electron chi connectivity index (χ0n) is 12.1. The Balaban J connectivity index is 1.84. The Kier molecular flexibility index (Phi) is 3.25. The normalized spacial score (nSPS) is 13.5. The lowest BCUT2D eigenvalue weighted by atomic mass is 10.1. The Labute approximate surface area is 126 Å². The second-order valence-electron chi connectivity index (χ2n) is 5.07. The lowest BCUT2D eigenvalue weighted by Crippen LogP contribution is -2.20. The molecule has 0 radical (unpaired) electrons. The van der Waals surface area contributed by atoms with E-state index in [1.54, 1.807) is 11.9 Å². The third-order valence-corrected chi connectivity index (χ3v) is 4.60. The number of amides is 2.